The number of amides is 1. The maximum absolute atomic E-state index is 12.7. The second-order valence-electron chi connectivity index (χ2n) is 7.54. The standard InChI is InChI=1S/C22H29N3O4S/c1-16-6-8-19(9-7-16)21(24(3)4)14-23-22(27)15-25(5)30(28,29)20-12-10-18(11-13-20)17(2)26/h6-13,21H,14-15H2,1-5H3,(H,23,27). The number of nitrogens with zero attached hydrogens (tertiary/aromatic N) is 2. The van der Waals surface area contributed by atoms with Crippen LogP contribution in [0.1, 0.15) is 34.5 Å². The van der Waals surface area contributed by atoms with Gasteiger partial charge in [-0.3, -0.25) is 9.59 Å². The fourth-order valence-electron chi connectivity index (χ4n) is 2.98. The Hall–Kier alpha value is -2.55. The molecule has 0 fully saturated rings. The zero-order valence-corrected chi connectivity index (χ0v) is 18.9. The molecule has 0 bridgehead atoms. The molecule has 2 rings (SSSR count). The molecule has 0 heterocycles. The molecule has 0 aliphatic heterocycles. The molecule has 1 amide bonds. The van der Waals surface area contributed by atoms with E-state index in [0.717, 1.165) is 15.4 Å². The molecule has 1 N–H and O–H groups in total. The van der Waals surface area contributed by atoms with E-state index in [9.17, 15) is 18.0 Å². The normalized spacial score (nSPS) is 12.8. The highest BCUT2D eigenvalue weighted by Gasteiger charge is 2.24. The van der Waals surface area contributed by atoms with Crippen LogP contribution in [0.25, 0.3) is 0 Å². The topological polar surface area (TPSA) is 86.8 Å². The summed E-state index contributed by atoms with van der Waals surface area (Å²) in [7, 11) is 1.38. The van der Waals surface area contributed by atoms with Gasteiger partial charge in [-0.2, -0.15) is 4.31 Å². The molecule has 0 aliphatic carbocycles. The molecule has 0 saturated heterocycles. The average molecular weight is 432 g/mol. The van der Waals surface area contributed by atoms with Crippen LogP contribution in [-0.2, 0) is 14.8 Å². The number of ketones is 1. The van der Waals surface area contributed by atoms with Crippen LogP contribution in [-0.4, -0.2) is 63.5 Å². The highest BCUT2D eigenvalue weighted by atomic mass is 32.2. The first kappa shape index (κ1) is 23.7. The van der Waals surface area contributed by atoms with Crippen LogP contribution >= 0.6 is 0 Å². The Bertz CT molecular complexity index is 984. The highest BCUT2D eigenvalue weighted by Crippen LogP contribution is 2.18. The average Bonchev–Trinajstić information content (AvgIpc) is 2.69. The summed E-state index contributed by atoms with van der Waals surface area (Å²) >= 11 is 0. The summed E-state index contributed by atoms with van der Waals surface area (Å²) in [6.45, 7) is 3.48. The molecule has 162 valence electrons. The molecule has 2 aromatic rings. The SMILES string of the molecule is CC(=O)c1ccc(S(=O)(=O)N(C)CC(=O)NCC(c2ccc(C)cc2)N(C)C)cc1. The predicted molar refractivity (Wildman–Crippen MR) is 117 cm³/mol. The molecule has 0 spiro atoms. The highest BCUT2D eigenvalue weighted by molar-refractivity contribution is 7.89. The third-order valence-corrected chi connectivity index (χ3v) is 6.73. The molecule has 1 atom stereocenters. The van der Waals surface area contributed by atoms with Crippen LogP contribution < -0.4 is 5.32 Å². The van der Waals surface area contributed by atoms with Crippen molar-refractivity contribution in [2.24, 2.45) is 0 Å². The van der Waals surface area contributed by atoms with E-state index in [1.807, 2.05) is 50.2 Å². The number of hydrogen-bond acceptors (Lipinski definition) is 5. The van der Waals surface area contributed by atoms with Crippen molar-refractivity contribution in [1.29, 1.82) is 0 Å². The Morgan fingerprint density at radius 2 is 1.53 bits per heavy atom. The van der Waals surface area contributed by atoms with Crippen molar-refractivity contribution in [1.82, 2.24) is 14.5 Å². The summed E-state index contributed by atoms with van der Waals surface area (Å²) in [5, 5.41) is 2.82. The molecule has 0 aromatic heterocycles. The summed E-state index contributed by atoms with van der Waals surface area (Å²) in [5.74, 6) is -0.531. The van der Waals surface area contributed by atoms with Crippen molar-refractivity contribution >= 4 is 21.7 Å². The maximum Gasteiger partial charge on any atom is 0.243 e. The molecular formula is C22H29N3O4S. The number of carbonyl (C=O) groups is 2. The van der Waals surface area contributed by atoms with Gasteiger partial charge in [-0.15, -0.1) is 0 Å². The number of hydrogen-bond donors (Lipinski definition) is 1. The number of Topliss-reactive ketones (excluding diaryl/α,β-unsaturated/α-hetero) is 1. The third-order valence-electron chi connectivity index (χ3n) is 4.91. The lowest BCUT2D eigenvalue weighted by molar-refractivity contribution is -0.121. The van der Waals surface area contributed by atoms with E-state index in [2.05, 4.69) is 5.32 Å². The number of rotatable bonds is 9. The lowest BCUT2D eigenvalue weighted by Crippen LogP contribution is -2.41. The molecule has 30 heavy (non-hydrogen) atoms. The van der Waals surface area contributed by atoms with Crippen molar-refractivity contribution in [3.8, 4) is 0 Å². The largest absolute Gasteiger partial charge is 0.353 e. The fraction of sp³-hybridized carbons (Fsp3) is 0.364. The van der Waals surface area contributed by atoms with E-state index in [1.165, 1.54) is 38.2 Å². The van der Waals surface area contributed by atoms with Crippen molar-refractivity contribution in [3.05, 3.63) is 65.2 Å². The first-order valence-corrected chi connectivity index (χ1v) is 11.0. The van der Waals surface area contributed by atoms with Crippen LogP contribution in [0.3, 0.4) is 0 Å². The van der Waals surface area contributed by atoms with Crippen molar-refractivity contribution in [2.45, 2.75) is 24.8 Å². The van der Waals surface area contributed by atoms with E-state index in [-0.39, 0.29) is 29.2 Å². The van der Waals surface area contributed by atoms with E-state index >= 15 is 0 Å². The number of likely N-dealkylation sites (N-methyl/N-ethyl adjacent to an activating group) is 2. The lowest BCUT2D eigenvalue weighted by atomic mass is 10.0. The quantitative estimate of drug-likeness (QED) is 0.616. The molecular weight excluding hydrogens is 402 g/mol. The van der Waals surface area contributed by atoms with E-state index in [4.69, 9.17) is 0 Å². The maximum atomic E-state index is 12.7. The Morgan fingerprint density at radius 3 is 2.03 bits per heavy atom. The number of sulfonamides is 1. The first-order valence-electron chi connectivity index (χ1n) is 9.59. The molecule has 0 saturated carbocycles. The lowest BCUT2D eigenvalue weighted by Gasteiger charge is -2.26. The number of aryl methyl sites for hydroxylation is 1. The molecule has 7 nitrogen and oxygen atoms in total. The Labute approximate surface area is 178 Å². The van der Waals surface area contributed by atoms with Gasteiger partial charge < -0.3 is 10.2 Å². The molecule has 1 unspecified atom stereocenters. The van der Waals surface area contributed by atoms with Gasteiger partial charge in [0.2, 0.25) is 15.9 Å². The van der Waals surface area contributed by atoms with E-state index < -0.39 is 10.0 Å². The minimum absolute atomic E-state index is 0.0319. The first-order chi connectivity index (χ1) is 14.0. The van der Waals surface area contributed by atoms with Gasteiger partial charge in [-0.25, -0.2) is 8.42 Å². The smallest absolute Gasteiger partial charge is 0.243 e. The minimum Gasteiger partial charge on any atom is -0.353 e. The molecule has 0 radical (unpaired) electrons. The Kier molecular flexibility index (Phi) is 7.89. The van der Waals surface area contributed by atoms with Gasteiger partial charge in [0.05, 0.1) is 17.5 Å². The minimum atomic E-state index is -3.84. The van der Waals surface area contributed by atoms with Crippen molar-refractivity contribution in [3.63, 3.8) is 0 Å². The van der Waals surface area contributed by atoms with Gasteiger partial charge in [0, 0.05) is 19.2 Å². The second-order valence-corrected chi connectivity index (χ2v) is 9.58. The summed E-state index contributed by atoms with van der Waals surface area (Å²) in [5.41, 5.74) is 2.65. The third kappa shape index (κ3) is 5.98. The molecule has 8 heteroatoms. The van der Waals surface area contributed by atoms with Gasteiger partial charge in [-0.05, 0) is 45.6 Å². The van der Waals surface area contributed by atoms with Crippen LogP contribution in [0.4, 0.5) is 0 Å². The van der Waals surface area contributed by atoms with Crippen LogP contribution in [0.15, 0.2) is 53.4 Å². The summed E-state index contributed by atoms with van der Waals surface area (Å²) in [6, 6.07) is 13.7. The molecule has 2 aromatic carbocycles. The number of benzene rings is 2. The fourth-order valence-corrected chi connectivity index (χ4v) is 4.11. The van der Waals surface area contributed by atoms with Gasteiger partial charge in [0.15, 0.2) is 5.78 Å². The zero-order chi connectivity index (χ0) is 22.5. The van der Waals surface area contributed by atoms with E-state index in [0.29, 0.717) is 12.1 Å². The van der Waals surface area contributed by atoms with E-state index in [1.54, 1.807) is 0 Å². The molecule has 0 aliphatic rings. The van der Waals surface area contributed by atoms with Crippen molar-refractivity contribution < 1.29 is 18.0 Å². The van der Waals surface area contributed by atoms with Crippen LogP contribution in [0, 0.1) is 6.92 Å². The number of nitrogens with one attached hydrogen (secondary N) is 1. The number of carbonyl (C=O) groups excluding carboxylic acids is 2. The van der Waals surface area contributed by atoms with Crippen molar-refractivity contribution in [2.75, 3.05) is 34.2 Å². The van der Waals surface area contributed by atoms with Crippen LogP contribution in [0.5, 0.6) is 0 Å². The van der Waals surface area contributed by atoms with Gasteiger partial charge in [-0.1, -0.05) is 42.0 Å². The van der Waals surface area contributed by atoms with Gasteiger partial charge in [0.25, 0.3) is 0 Å². The monoisotopic (exact) mass is 431 g/mol. The summed E-state index contributed by atoms with van der Waals surface area (Å²) in [4.78, 5) is 25.8. The summed E-state index contributed by atoms with van der Waals surface area (Å²) < 4.78 is 26.4. The Morgan fingerprint density at radius 1 is 0.967 bits per heavy atom. The second kappa shape index (κ2) is 9.97. The predicted octanol–water partition coefficient (Wildman–Crippen LogP) is 2.24. The van der Waals surface area contributed by atoms with Gasteiger partial charge >= 0.3 is 0 Å². The summed E-state index contributed by atoms with van der Waals surface area (Å²) in [6.07, 6.45) is 0. The zero-order valence-electron chi connectivity index (χ0n) is 18.0. The Balaban J connectivity index is 2.01. The van der Waals surface area contributed by atoms with Gasteiger partial charge in [0.1, 0.15) is 0 Å². The van der Waals surface area contributed by atoms with Crippen LogP contribution in [0.2, 0.25) is 0 Å².